The lowest BCUT2D eigenvalue weighted by molar-refractivity contribution is 0.174. The molecule has 1 fully saturated rings. The van der Waals surface area contributed by atoms with E-state index in [9.17, 15) is 0 Å². The molecule has 0 unspecified atom stereocenters. The van der Waals surface area contributed by atoms with Crippen molar-refractivity contribution >= 4 is 17.6 Å². The van der Waals surface area contributed by atoms with Gasteiger partial charge in [0, 0.05) is 24.2 Å². The first kappa shape index (κ1) is 13.1. The van der Waals surface area contributed by atoms with Gasteiger partial charge in [0.2, 0.25) is 0 Å². The average Bonchev–Trinajstić information content (AvgIpc) is 3.10. The molecule has 5 heteroatoms. The molecule has 0 atom stereocenters. The molecule has 0 aromatic carbocycles. The van der Waals surface area contributed by atoms with Crippen LogP contribution in [0, 0.1) is 0 Å². The van der Waals surface area contributed by atoms with Gasteiger partial charge >= 0.3 is 0 Å². The fourth-order valence-electron chi connectivity index (χ4n) is 1.24. The lowest BCUT2D eigenvalue weighted by atomic mass is 10.2. The van der Waals surface area contributed by atoms with Crippen LogP contribution >= 0.6 is 11.3 Å². The van der Waals surface area contributed by atoms with Gasteiger partial charge in [0.05, 0.1) is 5.51 Å². The highest BCUT2D eigenvalue weighted by Gasteiger charge is 1.93. The van der Waals surface area contributed by atoms with Crippen LogP contribution in [0.15, 0.2) is 22.2 Å². The van der Waals surface area contributed by atoms with E-state index in [0.29, 0.717) is 0 Å². The summed E-state index contributed by atoms with van der Waals surface area (Å²) < 4.78 is 0. The SMILES string of the molecule is C1=NOCC1.C1CCNCC1.c1cscn1. The highest BCUT2D eigenvalue weighted by atomic mass is 32.1. The highest BCUT2D eigenvalue weighted by molar-refractivity contribution is 7.07. The van der Waals surface area contributed by atoms with Gasteiger partial charge in [-0.15, -0.1) is 11.3 Å². The molecule has 2 aliphatic rings. The molecule has 4 nitrogen and oxygen atoms in total. The first-order valence-electron chi connectivity index (χ1n) is 5.67. The summed E-state index contributed by atoms with van der Waals surface area (Å²) in [5.41, 5.74) is 1.79. The van der Waals surface area contributed by atoms with E-state index in [1.807, 2.05) is 5.38 Å². The third-order valence-electron chi connectivity index (χ3n) is 2.04. The predicted molar refractivity (Wildman–Crippen MR) is 67.9 cm³/mol. The van der Waals surface area contributed by atoms with Crippen molar-refractivity contribution < 1.29 is 4.84 Å². The van der Waals surface area contributed by atoms with Crippen LogP contribution in [0.25, 0.3) is 0 Å². The van der Waals surface area contributed by atoms with Gasteiger partial charge in [-0.25, -0.2) is 0 Å². The first-order chi connectivity index (χ1) is 8.00. The summed E-state index contributed by atoms with van der Waals surface area (Å²) in [5.74, 6) is 0. The monoisotopic (exact) mass is 241 g/mol. The molecule has 1 aromatic heterocycles. The lowest BCUT2D eigenvalue weighted by Crippen LogP contribution is -2.21. The molecule has 0 amide bonds. The smallest absolute Gasteiger partial charge is 0.122 e. The fraction of sp³-hybridized carbons (Fsp3) is 0.636. The normalized spacial score (nSPS) is 17.5. The van der Waals surface area contributed by atoms with Crippen LogP contribution in [0.3, 0.4) is 0 Å². The van der Waals surface area contributed by atoms with Crippen molar-refractivity contribution in [2.45, 2.75) is 25.7 Å². The summed E-state index contributed by atoms with van der Waals surface area (Å²) in [4.78, 5) is 8.25. The molecule has 0 bridgehead atoms. The summed E-state index contributed by atoms with van der Waals surface area (Å²) in [6.45, 7) is 3.28. The molecule has 1 saturated heterocycles. The second-order valence-corrected chi connectivity index (χ2v) is 4.15. The van der Waals surface area contributed by atoms with Gasteiger partial charge < -0.3 is 10.2 Å². The molecule has 90 valence electrons. The summed E-state index contributed by atoms with van der Waals surface area (Å²) >= 11 is 1.60. The molecular weight excluding hydrogens is 222 g/mol. The molecular formula is C11H19N3OS. The minimum atomic E-state index is 0.778. The maximum Gasteiger partial charge on any atom is 0.122 e. The largest absolute Gasteiger partial charge is 0.396 e. The number of oxime groups is 1. The molecule has 2 aliphatic heterocycles. The van der Waals surface area contributed by atoms with Gasteiger partial charge in [-0.1, -0.05) is 11.6 Å². The van der Waals surface area contributed by atoms with E-state index in [2.05, 4.69) is 20.3 Å². The number of nitrogens with one attached hydrogen (secondary N) is 1. The Morgan fingerprint density at radius 1 is 1.19 bits per heavy atom. The molecule has 0 saturated carbocycles. The Bertz CT molecular complexity index is 213. The Morgan fingerprint density at radius 2 is 2.06 bits per heavy atom. The number of hydrogen-bond donors (Lipinski definition) is 1. The third kappa shape index (κ3) is 8.38. The van der Waals surface area contributed by atoms with Crippen molar-refractivity contribution in [1.82, 2.24) is 10.3 Å². The number of piperidine rings is 1. The van der Waals surface area contributed by atoms with Gasteiger partial charge in [-0.2, -0.15) is 0 Å². The number of aromatic nitrogens is 1. The highest BCUT2D eigenvalue weighted by Crippen LogP contribution is 1.96. The zero-order chi connectivity index (χ0) is 11.3. The van der Waals surface area contributed by atoms with Crippen LogP contribution < -0.4 is 5.32 Å². The topological polar surface area (TPSA) is 46.5 Å². The van der Waals surface area contributed by atoms with Crippen molar-refractivity contribution in [3.63, 3.8) is 0 Å². The summed E-state index contributed by atoms with van der Waals surface area (Å²) in [7, 11) is 0. The number of rotatable bonds is 0. The number of thiazole rings is 1. The van der Waals surface area contributed by atoms with Crippen LogP contribution in [-0.4, -0.2) is 30.9 Å². The van der Waals surface area contributed by atoms with Gasteiger partial charge in [0.25, 0.3) is 0 Å². The Morgan fingerprint density at radius 3 is 2.25 bits per heavy atom. The average molecular weight is 241 g/mol. The van der Waals surface area contributed by atoms with Crippen LogP contribution in [0.4, 0.5) is 0 Å². The van der Waals surface area contributed by atoms with Crippen molar-refractivity contribution in [3.8, 4) is 0 Å². The molecule has 1 N–H and O–H groups in total. The minimum absolute atomic E-state index is 0.778. The quantitative estimate of drug-likeness (QED) is 0.758. The Hall–Kier alpha value is -0.940. The lowest BCUT2D eigenvalue weighted by Gasteiger charge is -2.08. The fourth-order valence-corrected chi connectivity index (χ4v) is 1.59. The summed E-state index contributed by atoms with van der Waals surface area (Å²) in [6, 6.07) is 0. The Kier molecular flexibility index (Phi) is 8.67. The zero-order valence-electron chi connectivity index (χ0n) is 9.47. The molecule has 3 rings (SSSR count). The first-order valence-corrected chi connectivity index (χ1v) is 6.61. The van der Waals surface area contributed by atoms with E-state index in [1.165, 1.54) is 32.4 Å². The van der Waals surface area contributed by atoms with Crippen molar-refractivity contribution in [3.05, 3.63) is 17.1 Å². The summed E-state index contributed by atoms with van der Waals surface area (Å²) in [5, 5.41) is 8.67. The Balaban J connectivity index is 0.000000121. The maximum absolute atomic E-state index is 4.51. The predicted octanol–water partition coefficient (Wildman–Crippen LogP) is 2.30. The van der Waals surface area contributed by atoms with Gasteiger partial charge in [-0.3, -0.25) is 4.98 Å². The van der Waals surface area contributed by atoms with Gasteiger partial charge in [0.1, 0.15) is 6.61 Å². The molecule has 0 spiro atoms. The van der Waals surface area contributed by atoms with Crippen LogP contribution in [-0.2, 0) is 4.84 Å². The third-order valence-corrected chi connectivity index (χ3v) is 2.56. The zero-order valence-corrected chi connectivity index (χ0v) is 10.3. The minimum Gasteiger partial charge on any atom is -0.396 e. The van der Waals surface area contributed by atoms with E-state index in [4.69, 9.17) is 0 Å². The van der Waals surface area contributed by atoms with Gasteiger partial charge in [-0.05, 0) is 25.9 Å². The molecule has 16 heavy (non-hydrogen) atoms. The van der Waals surface area contributed by atoms with Crippen molar-refractivity contribution in [1.29, 1.82) is 0 Å². The van der Waals surface area contributed by atoms with E-state index in [0.717, 1.165) is 13.0 Å². The second-order valence-electron chi connectivity index (χ2n) is 3.40. The second kappa shape index (κ2) is 10.6. The van der Waals surface area contributed by atoms with Gasteiger partial charge in [0.15, 0.2) is 0 Å². The van der Waals surface area contributed by atoms with E-state index in [1.54, 1.807) is 29.3 Å². The standard InChI is InChI=1S/C5H11N.C3H5NO.C3H3NS/c1-2-4-6-5-3-1;1-2-4-5-3-1;1-2-5-3-4-1/h6H,1-5H2;2H,1,3H2;1-3H. The Labute approximate surface area is 101 Å². The molecule has 0 radical (unpaired) electrons. The molecule has 1 aromatic rings. The number of nitrogens with zero attached hydrogens (tertiary/aromatic N) is 2. The van der Waals surface area contributed by atoms with E-state index in [-0.39, 0.29) is 0 Å². The van der Waals surface area contributed by atoms with Crippen LogP contribution in [0.2, 0.25) is 0 Å². The van der Waals surface area contributed by atoms with E-state index >= 15 is 0 Å². The van der Waals surface area contributed by atoms with Crippen LogP contribution in [0.5, 0.6) is 0 Å². The van der Waals surface area contributed by atoms with Crippen molar-refractivity contribution in [2.24, 2.45) is 5.16 Å². The number of hydrogen-bond acceptors (Lipinski definition) is 5. The molecule has 0 aliphatic carbocycles. The van der Waals surface area contributed by atoms with E-state index < -0.39 is 0 Å². The summed E-state index contributed by atoms with van der Waals surface area (Å²) in [6.07, 6.45) is 8.73. The van der Waals surface area contributed by atoms with Crippen LogP contribution in [0.1, 0.15) is 25.7 Å². The van der Waals surface area contributed by atoms with Crippen molar-refractivity contribution in [2.75, 3.05) is 19.7 Å². The molecule has 3 heterocycles. The maximum atomic E-state index is 4.51.